The lowest BCUT2D eigenvalue weighted by Crippen LogP contribution is -2.36. The van der Waals surface area contributed by atoms with Crippen molar-refractivity contribution in [3.63, 3.8) is 0 Å². The predicted molar refractivity (Wildman–Crippen MR) is 229 cm³/mol. The van der Waals surface area contributed by atoms with Crippen LogP contribution in [-0.2, 0) is 9.47 Å². The topological polar surface area (TPSA) is 18.5 Å². The number of ether oxygens (including phenoxy) is 2. The quantitative estimate of drug-likeness (QED) is 0.0738. The van der Waals surface area contributed by atoms with Crippen LogP contribution in [0.25, 0.3) is 0 Å². The van der Waals surface area contributed by atoms with Gasteiger partial charge in [-0.25, -0.2) is 8.78 Å². The first kappa shape index (κ1) is 57.9. The summed E-state index contributed by atoms with van der Waals surface area (Å²) in [5.74, 6) is -1.74. The molecule has 0 N–H and O–H groups in total. The molecule has 0 amide bonds. The largest absolute Gasteiger partial charge is 0.356 e. The number of allylic oxidation sites excluding steroid dienone is 10. The molecule has 0 heterocycles. The van der Waals surface area contributed by atoms with Gasteiger partial charge in [-0.05, 0) is 74.3 Å². The Labute approximate surface area is 318 Å². The fourth-order valence-electron chi connectivity index (χ4n) is 5.04. The lowest BCUT2D eigenvalue weighted by atomic mass is 9.69. The van der Waals surface area contributed by atoms with Crippen molar-refractivity contribution in [1.82, 2.24) is 0 Å². The van der Waals surface area contributed by atoms with Crippen molar-refractivity contribution >= 4 is 12.6 Å². The summed E-state index contributed by atoms with van der Waals surface area (Å²) in [4.78, 5) is 0. The highest BCUT2D eigenvalue weighted by Gasteiger charge is 2.46. The van der Waals surface area contributed by atoms with Gasteiger partial charge in [0.2, 0.25) is 0 Å². The smallest absolute Gasteiger partial charge is 0.273 e. The Bertz CT molecular complexity index is 868. The fraction of sp³-hybridized carbons (Fsp3) is 0.733. The summed E-state index contributed by atoms with van der Waals surface area (Å²) < 4.78 is 39.6. The van der Waals surface area contributed by atoms with Crippen LogP contribution in [0.5, 0.6) is 0 Å². The Morgan fingerprint density at radius 2 is 1.50 bits per heavy atom. The van der Waals surface area contributed by atoms with E-state index < -0.39 is 5.92 Å². The Morgan fingerprint density at radius 1 is 0.960 bits per heavy atom. The van der Waals surface area contributed by atoms with E-state index in [0.717, 1.165) is 31.3 Å². The molecule has 0 aliphatic heterocycles. The van der Waals surface area contributed by atoms with Crippen molar-refractivity contribution in [1.29, 1.82) is 0 Å². The molecule has 50 heavy (non-hydrogen) atoms. The average Bonchev–Trinajstić information content (AvgIpc) is 3.11. The van der Waals surface area contributed by atoms with Gasteiger partial charge in [0.05, 0.1) is 0 Å². The Kier molecular flexibility index (Phi) is 46.7. The molecule has 2 nitrogen and oxygen atoms in total. The summed E-state index contributed by atoms with van der Waals surface area (Å²) in [6.07, 6.45) is 23.7. The lowest BCUT2D eigenvalue weighted by molar-refractivity contribution is -0.140. The SMILES string of the molecule is C/C=C\CCC(CCC)C(OC)OC.C=C1/C(=C\CC(C)S)C(C)C(C(/C=C\CC)=C/CC)CC1(F)F.C=CC(C)CC.CC.CC.CCC. The lowest BCUT2D eigenvalue weighted by Gasteiger charge is -2.39. The van der Waals surface area contributed by atoms with Gasteiger partial charge in [0.15, 0.2) is 6.29 Å². The minimum atomic E-state index is -2.84. The Morgan fingerprint density at radius 3 is 1.86 bits per heavy atom. The van der Waals surface area contributed by atoms with E-state index in [-0.39, 0.29) is 35.4 Å². The van der Waals surface area contributed by atoms with Crippen molar-refractivity contribution in [3.8, 4) is 0 Å². The summed E-state index contributed by atoms with van der Waals surface area (Å²) in [5, 5.41) is 0.155. The summed E-state index contributed by atoms with van der Waals surface area (Å²) in [6.45, 7) is 36.3. The van der Waals surface area contributed by atoms with Crippen molar-refractivity contribution in [2.45, 2.75) is 179 Å². The highest BCUT2D eigenvalue weighted by atomic mass is 32.1. The first-order valence-electron chi connectivity index (χ1n) is 19.9. The van der Waals surface area contributed by atoms with Crippen LogP contribution in [0, 0.1) is 23.7 Å². The summed E-state index contributed by atoms with van der Waals surface area (Å²) in [5.41, 5.74) is 1.73. The van der Waals surface area contributed by atoms with E-state index in [1.165, 1.54) is 25.7 Å². The van der Waals surface area contributed by atoms with Crippen LogP contribution in [0.1, 0.15) is 161 Å². The maximum absolute atomic E-state index is 14.5. The molecule has 298 valence electrons. The zero-order chi connectivity index (χ0) is 40.1. The molecule has 0 aromatic heterocycles. The van der Waals surface area contributed by atoms with Gasteiger partial charge < -0.3 is 9.47 Å². The van der Waals surface area contributed by atoms with Gasteiger partial charge in [-0.1, -0.05) is 158 Å². The van der Waals surface area contributed by atoms with E-state index in [0.29, 0.717) is 23.8 Å². The maximum Gasteiger partial charge on any atom is 0.273 e. The summed E-state index contributed by atoms with van der Waals surface area (Å²) in [6, 6.07) is 0. The van der Waals surface area contributed by atoms with Gasteiger partial charge in [0, 0.05) is 37.4 Å². The third-order valence-corrected chi connectivity index (χ3v) is 8.16. The van der Waals surface area contributed by atoms with E-state index in [2.05, 4.69) is 98.6 Å². The molecule has 0 aromatic carbocycles. The van der Waals surface area contributed by atoms with Crippen molar-refractivity contribution in [2.75, 3.05) is 14.2 Å². The van der Waals surface area contributed by atoms with Gasteiger partial charge in [0.1, 0.15) is 0 Å². The molecule has 0 radical (unpaired) electrons. The molecule has 1 saturated carbocycles. The van der Waals surface area contributed by atoms with Crippen LogP contribution in [0.4, 0.5) is 8.78 Å². The molecule has 0 aromatic rings. The average molecular weight is 729 g/mol. The Balaban J connectivity index is -0.000000212. The number of methoxy groups -OCH3 is 2. The van der Waals surface area contributed by atoms with Crippen LogP contribution in [0.3, 0.4) is 0 Å². The second-order valence-corrected chi connectivity index (χ2v) is 13.2. The predicted octanol–water partition coefficient (Wildman–Crippen LogP) is 15.8. The summed E-state index contributed by atoms with van der Waals surface area (Å²) in [7, 11) is 3.43. The van der Waals surface area contributed by atoms with Crippen molar-refractivity contribution < 1.29 is 18.3 Å². The van der Waals surface area contributed by atoms with Crippen LogP contribution >= 0.6 is 12.6 Å². The molecule has 1 aliphatic rings. The molecule has 1 aliphatic carbocycles. The van der Waals surface area contributed by atoms with Gasteiger partial charge in [-0.2, -0.15) is 12.6 Å². The minimum Gasteiger partial charge on any atom is -0.356 e. The zero-order valence-corrected chi connectivity index (χ0v) is 36.9. The number of rotatable bonds is 16. The number of thiol groups is 1. The monoisotopic (exact) mass is 729 g/mol. The van der Waals surface area contributed by atoms with Crippen LogP contribution in [0.2, 0.25) is 0 Å². The highest BCUT2D eigenvalue weighted by molar-refractivity contribution is 7.80. The number of halogens is 2. The van der Waals surface area contributed by atoms with Crippen LogP contribution in [0.15, 0.2) is 72.4 Å². The highest BCUT2D eigenvalue weighted by Crippen LogP contribution is 2.49. The molecular weight excluding hydrogens is 643 g/mol. The van der Waals surface area contributed by atoms with E-state index in [9.17, 15) is 8.78 Å². The molecule has 5 unspecified atom stereocenters. The van der Waals surface area contributed by atoms with Crippen LogP contribution < -0.4 is 0 Å². The van der Waals surface area contributed by atoms with Crippen molar-refractivity contribution in [3.05, 3.63) is 72.4 Å². The van der Waals surface area contributed by atoms with Crippen molar-refractivity contribution in [2.24, 2.45) is 23.7 Å². The van der Waals surface area contributed by atoms with E-state index >= 15 is 0 Å². The van der Waals surface area contributed by atoms with Gasteiger partial charge >= 0.3 is 0 Å². The molecule has 1 fully saturated rings. The molecule has 0 bridgehead atoms. The number of alkyl halides is 2. The fourth-order valence-corrected chi connectivity index (χ4v) is 5.14. The first-order chi connectivity index (χ1) is 23.8. The summed E-state index contributed by atoms with van der Waals surface area (Å²) >= 11 is 4.36. The van der Waals surface area contributed by atoms with Crippen LogP contribution in [-0.4, -0.2) is 31.7 Å². The number of hydrogen-bond donors (Lipinski definition) is 1. The minimum absolute atomic E-state index is 0.00875. The van der Waals surface area contributed by atoms with E-state index in [1.807, 2.05) is 66.7 Å². The molecule has 5 atom stereocenters. The first-order valence-corrected chi connectivity index (χ1v) is 20.4. The second kappa shape index (κ2) is 40.3. The molecule has 0 spiro atoms. The third kappa shape index (κ3) is 29.2. The molecule has 0 saturated heterocycles. The number of hydrogen-bond acceptors (Lipinski definition) is 3. The third-order valence-electron chi connectivity index (χ3n) is 7.95. The van der Waals surface area contributed by atoms with Gasteiger partial charge in [-0.3, -0.25) is 0 Å². The molecule has 5 heteroatoms. The zero-order valence-electron chi connectivity index (χ0n) is 36.0. The Hall–Kier alpha value is -1.43. The second-order valence-electron chi connectivity index (χ2n) is 12.3. The standard InChI is InChI=1S/C20H30F2S.C12H24O2.C6H12.C3H8.2C2H6/c1-6-8-10-17(9-7-2)19-13-20(21,22)16(5)18(15(19)4)12-11-14(3)23;1-5-7-8-10-11(9-6-2)12(13-3)14-4;1-4-6(3)5-2;1-3-2;2*1-2/h8-10,12,14-15,19,23H,5-7,11,13H2,1-4H3;5,7,11-12H,6,8-10H2,1-4H3;4,6H,1,5H2,2-3H3;3H2,1-2H3;2*1-2H3/b10-8-,17-9+,18-12-;7-5-;;;;. The molecular formula is C45H86F2O2S. The van der Waals surface area contributed by atoms with Gasteiger partial charge in [0.25, 0.3) is 5.92 Å². The van der Waals surface area contributed by atoms with E-state index in [4.69, 9.17) is 9.47 Å². The maximum atomic E-state index is 14.5. The molecule has 1 rings (SSSR count). The normalized spacial score (nSPS) is 19.3. The van der Waals surface area contributed by atoms with Gasteiger partial charge in [-0.15, -0.1) is 6.58 Å². The van der Waals surface area contributed by atoms with E-state index in [1.54, 1.807) is 14.2 Å².